The minimum absolute atomic E-state index is 0.179. The first-order chi connectivity index (χ1) is 8.53. The number of nitrogens with two attached hydrogens (primary N) is 1. The Morgan fingerprint density at radius 1 is 1.47 bits per heavy atom. The van der Waals surface area contributed by atoms with Crippen molar-refractivity contribution in [3.63, 3.8) is 0 Å². The van der Waals surface area contributed by atoms with Gasteiger partial charge in [-0.25, -0.2) is 4.79 Å². The van der Waals surface area contributed by atoms with Gasteiger partial charge in [-0.15, -0.1) is 0 Å². The third kappa shape index (κ3) is 7.53. The lowest BCUT2D eigenvalue weighted by Gasteiger charge is -2.16. The molecule has 0 aliphatic carbocycles. The van der Waals surface area contributed by atoms with Gasteiger partial charge in [0.15, 0.2) is 0 Å². The summed E-state index contributed by atoms with van der Waals surface area (Å²) in [7, 11) is 0. The van der Waals surface area contributed by atoms with E-state index in [0.717, 1.165) is 12.1 Å². The molecule has 1 aromatic rings. The van der Waals surface area contributed by atoms with Crippen LogP contribution >= 0.6 is 0 Å². The van der Waals surface area contributed by atoms with Gasteiger partial charge in [0.25, 0.3) is 0 Å². The first-order valence-electron chi connectivity index (χ1n) is 5.23. The van der Waals surface area contributed by atoms with Crippen molar-refractivity contribution in [3.8, 4) is 0 Å². The van der Waals surface area contributed by atoms with E-state index >= 15 is 0 Å². The van der Waals surface area contributed by atoms with Crippen molar-refractivity contribution in [1.29, 1.82) is 0 Å². The molecule has 0 spiro atoms. The number of nitrogen functional groups attached to an aromatic ring is 1. The molecule has 0 aliphatic rings. The number of nitro groups is 1. The molecule has 0 saturated carbocycles. The predicted molar refractivity (Wildman–Crippen MR) is 68.4 cm³/mol. The summed E-state index contributed by atoms with van der Waals surface area (Å²) in [5, 5.41) is 20.5. The minimum Gasteiger partial charge on any atom is -0.465 e. The van der Waals surface area contributed by atoms with Gasteiger partial charge in [0, 0.05) is 17.3 Å². The fourth-order valence-corrected chi connectivity index (χ4v) is 0.990. The van der Waals surface area contributed by atoms with Crippen LogP contribution in [0, 0.1) is 15.9 Å². The van der Waals surface area contributed by atoms with E-state index in [1.807, 2.05) is 0 Å². The van der Waals surface area contributed by atoms with E-state index in [0.29, 0.717) is 0 Å². The second-order valence-corrected chi connectivity index (χ2v) is 4.65. The Labute approximate surface area is 109 Å². The Balaban J connectivity index is 0.000000362. The van der Waals surface area contributed by atoms with Crippen LogP contribution in [0.3, 0.4) is 0 Å². The van der Waals surface area contributed by atoms with Crippen molar-refractivity contribution < 1.29 is 19.2 Å². The Morgan fingerprint density at radius 2 is 2.00 bits per heavy atom. The molecular formula is C11H16FN3O4. The molecule has 0 bridgehead atoms. The van der Waals surface area contributed by atoms with Gasteiger partial charge in [0.2, 0.25) is 5.82 Å². The number of rotatable bonds is 1. The highest BCUT2D eigenvalue weighted by Gasteiger charge is 2.12. The van der Waals surface area contributed by atoms with Gasteiger partial charge >= 0.3 is 11.8 Å². The van der Waals surface area contributed by atoms with Crippen molar-refractivity contribution in [3.05, 3.63) is 34.1 Å². The van der Waals surface area contributed by atoms with Crippen LogP contribution in [0.1, 0.15) is 20.8 Å². The van der Waals surface area contributed by atoms with Gasteiger partial charge in [0.05, 0.1) is 4.92 Å². The first kappa shape index (κ1) is 16.6. The number of nitro benzene ring substituents is 1. The minimum atomic E-state index is -0.975. The Kier molecular flexibility index (Phi) is 5.71. The summed E-state index contributed by atoms with van der Waals surface area (Å²) in [6.07, 6.45) is -0.975. The first-order valence-corrected chi connectivity index (χ1v) is 5.23. The molecule has 0 unspecified atom stereocenters. The van der Waals surface area contributed by atoms with Crippen LogP contribution in [-0.4, -0.2) is 21.7 Å². The van der Waals surface area contributed by atoms with Crippen LogP contribution in [0.15, 0.2) is 18.2 Å². The quantitative estimate of drug-likeness (QED) is 0.412. The molecule has 0 aromatic heterocycles. The monoisotopic (exact) mass is 273 g/mol. The maximum absolute atomic E-state index is 12.5. The number of halogens is 1. The number of carbonyl (C=O) groups is 1. The van der Waals surface area contributed by atoms with Crippen molar-refractivity contribution in [2.45, 2.75) is 26.3 Å². The number of nitrogens with zero attached hydrogens (tertiary/aromatic N) is 1. The number of benzene rings is 1. The summed E-state index contributed by atoms with van der Waals surface area (Å²) in [5.74, 6) is -0.871. The molecule has 0 aliphatic heterocycles. The van der Waals surface area contributed by atoms with Crippen molar-refractivity contribution in [2.75, 3.05) is 5.73 Å². The van der Waals surface area contributed by atoms with Crippen LogP contribution in [-0.2, 0) is 0 Å². The molecule has 0 atom stereocenters. The normalized spacial score (nSPS) is 10.1. The Hall–Kier alpha value is -2.38. The number of nitrogens with one attached hydrogen (secondary N) is 1. The van der Waals surface area contributed by atoms with Gasteiger partial charge in [0.1, 0.15) is 0 Å². The molecule has 0 fully saturated rings. The molecule has 0 radical (unpaired) electrons. The topological polar surface area (TPSA) is 118 Å². The fraction of sp³-hybridized carbons (Fsp3) is 0.364. The summed E-state index contributed by atoms with van der Waals surface area (Å²) >= 11 is 0. The van der Waals surface area contributed by atoms with Gasteiger partial charge in [-0.05, 0) is 32.9 Å². The second kappa shape index (κ2) is 6.53. The SMILES string of the molecule is CC(C)(C)NC(=O)O.Nc1ccc(F)c([N+](=O)[O-])c1. The molecule has 1 rings (SSSR count). The molecule has 1 amide bonds. The van der Waals surface area contributed by atoms with E-state index in [4.69, 9.17) is 10.8 Å². The molecule has 106 valence electrons. The van der Waals surface area contributed by atoms with Crippen molar-refractivity contribution in [1.82, 2.24) is 5.32 Å². The van der Waals surface area contributed by atoms with Crippen LogP contribution < -0.4 is 11.1 Å². The average Bonchev–Trinajstić information content (AvgIpc) is 2.18. The maximum atomic E-state index is 12.5. The van der Waals surface area contributed by atoms with Crippen LogP contribution in [0.4, 0.5) is 20.6 Å². The van der Waals surface area contributed by atoms with Crippen LogP contribution in [0.25, 0.3) is 0 Å². The highest BCUT2D eigenvalue weighted by molar-refractivity contribution is 5.65. The number of amides is 1. The molecule has 8 heteroatoms. The predicted octanol–water partition coefficient (Wildman–Crippen LogP) is 2.37. The third-order valence-corrected chi connectivity index (χ3v) is 1.65. The summed E-state index contributed by atoms with van der Waals surface area (Å²) in [4.78, 5) is 19.2. The number of carboxylic acid groups (broad SMARTS) is 1. The zero-order chi connectivity index (χ0) is 15.2. The number of hydrogen-bond acceptors (Lipinski definition) is 4. The van der Waals surface area contributed by atoms with E-state index in [9.17, 15) is 19.3 Å². The van der Waals surface area contributed by atoms with Crippen molar-refractivity contribution >= 4 is 17.5 Å². The molecule has 7 nitrogen and oxygen atoms in total. The molecule has 19 heavy (non-hydrogen) atoms. The van der Waals surface area contributed by atoms with E-state index in [1.54, 1.807) is 20.8 Å². The molecule has 0 heterocycles. The van der Waals surface area contributed by atoms with Gasteiger partial charge in [-0.2, -0.15) is 4.39 Å². The van der Waals surface area contributed by atoms with E-state index in [1.165, 1.54) is 6.07 Å². The highest BCUT2D eigenvalue weighted by atomic mass is 19.1. The smallest absolute Gasteiger partial charge is 0.405 e. The molecular weight excluding hydrogens is 257 g/mol. The average molecular weight is 273 g/mol. The maximum Gasteiger partial charge on any atom is 0.405 e. The van der Waals surface area contributed by atoms with Crippen LogP contribution in [0.5, 0.6) is 0 Å². The zero-order valence-corrected chi connectivity index (χ0v) is 10.8. The lowest BCUT2D eigenvalue weighted by atomic mass is 10.1. The van der Waals surface area contributed by atoms with Crippen molar-refractivity contribution in [2.24, 2.45) is 0 Å². The zero-order valence-electron chi connectivity index (χ0n) is 10.8. The van der Waals surface area contributed by atoms with Gasteiger partial charge < -0.3 is 16.2 Å². The molecule has 4 N–H and O–H groups in total. The summed E-state index contributed by atoms with van der Waals surface area (Å²) < 4.78 is 12.5. The third-order valence-electron chi connectivity index (χ3n) is 1.65. The fourth-order valence-electron chi connectivity index (χ4n) is 0.990. The number of anilines is 1. The number of hydrogen-bond donors (Lipinski definition) is 3. The van der Waals surface area contributed by atoms with E-state index in [2.05, 4.69) is 5.32 Å². The highest BCUT2D eigenvalue weighted by Crippen LogP contribution is 2.18. The Bertz CT molecular complexity index is 471. The van der Waals surface area contributed by atoms with E-state index in [-0.39, 0.29) is 11.2 Å². The lowest BCUT2D eigenvalue weighted by Crippen LogP contribution is -2.39. The van der Waals surface area contributed by atoms with Crippen LogP contribution in [0.2, 0.25) is 0 Å². The molecule has 0 saturated heterocycles. The Morgan fingerprint density at radius 3 is 2.26 bits per heavy atom. The van der Waals surface area contributed by atoms with Gasteiger partial charge in [-0.1, -0.05) is 0 Å². The van der Waals surface area contributed by atoms with E-state index < -0.39 is 22.5 Å². The summed E-state index contributed by atoms with van der Waals surface area (Å²) in [5.41, 5.74) is 4.45. The summed E-state index contributed by atoms with van der Waals surface area (Å²) in [6, 6.07) is 3.21. The summed E-state index contributed by atoms with van der Waals surface area (Å²) in [6.45, 7) is 5.38. The van der Waals surface area contributed by atoms with Gasteiger partial charge in [-0.3, -0.25) is 10.1 Å². The second-order valence-electron chi connectivity index (χ2n) is 4.65. The molecule has 1 aromatic carbocycles. The standard InChI is InChI=1S/C6H5FN2O2.C5H11NO2/c7-5-2-1-4(8)3-6(5)9(10)11;1-5(2,3)6-4(7)8/h1-3H,8H2;6H,1-3H3,(H,7,8). The lowest BCUT2D eigenvalue weighted by molar-refractivity contribution is -0.387. The largest absolute Gasteiger partial charge is 0.465 e.